The Labute approximate surface area is 131 Å². The van der Waals surface area contributed by atoms with Crippen molar-refractivity contribution in [2.24, 2.45) is 0 Å². The van der Waals surface area contributed by atoms with E-state index in [1.54, 1.807) is 12.1 Å². The van der Waals surface area contributed by atoms with Gasteiger partial charge < -0.3 is 15.8 Å². The van der Waals surface area contributed by atoms with Gasteiger partial charge in [0.15, 0.2) is 0 Å². The largest absolute Gasteiger partial charge is 0.493 e. The summed E-state index contributed by atoms with van der Waals surface area (Å²) in [5.41, 5.74) is 6.94. The molecule has 0 radical (unpaired) electrons. The lowest BCUT2D eigenvalue weighted by Gasteiger charge is -2.09. The molecule has 5 heteroatoms. The highest BCUT2D eigenvalue weighted by Gasteiger charge is 2.05. The quantitative estimate of drug-likeness (QED) is 0.616. The van der Waals surface area contributed by atoms with E-state index < -0.39 is 0 Å². The van der Waals surface area contributed by atoms with E-state index in [9.17, 15) is 4.79 Å². The molecule has 0 aliphatic rings. The molecule has 0 saturated carbocycles. The summed E-state index contributed by atoms with van der Waals surface area (Å²) in [5, 5.41) is 2.76. The number of hydrogen-bond donors (Lipinski definition) is 2. The van der Waals surface area contributed by atoms with Gasteiger partial charge >= 0.3 is 0 Å². The van der Waals surface area contributed by atoms with E-state index >= 15 is 0 Å². The zero-order chi connectivity index (χ0) is 14.4. The Balaban J connectivity index is 1.80. The second kappa shape index (κ2) is 7.14. The van der Waals surface area contributed by atoms with E-state index in [1.807, 2.05) is 36.4 Å². The fourth-order valence-electron chi connectivity index (χ4n) is 1.64. The van der Waals surface area contributed by atoms with Gasteiger partial charge in [0.25, 0.3) is 0 Å². The highest BCUT2D eigenvalue weighted by Crippen LogP contribution is 2.17. The van der Waals surface area contributed by atoms with Crippen molar-refractivity contribution in [1.82, 2.24) is 0 Å². The summed E-state index contributed by atoms with van der Waals surface area (Å²) in [6.45, 7) is 0.332. The van der Waals surface area contributed by atoms with E-state index in [0.717, 1.165) is 9.32 Å². The van der Waals surface area contributed by atoms with Crippen molar-refractivity contribution in [2.75, 3.05) is 17.7 Å². The fraction of sp³-hybridized carbons (Fsp3) is 0.133. The summed E-state index contributed by atoms with van der Waals surface area (Å²) in [6.07, 6.45) is 0.278. The first kappa shape index (κ1) is 14.6. The molecule has 0 bridgehead atoms. The van der Waals surface area contributed by atoms with E-state index in [4.69, 9.17) is 10.5 Å². The number of amides is 1. The van der Waals surface area contributed by atoms with E-state index in [0.29, 0.717) is 18.0 Å². The Kier molecular flexibility index (Phi) is 5.23. The summed E-state index contributed by atoms with van der Waals surface area (Å²) >= 11 is 2.22. The van der Waals surface area contributed by atoms with Crippen LogP contribution in [-0.4, -0.2) is 12.5 Å². The molecule has 0 saturated heterocycles. The molecule has 0 aliphatic carbocycles. The second-order valence-electron chi connectivity index (χ2n) is 4.19. The minimum Gasteiger partial charge on any atom is -0.493 e. The summed E-state index contributed by atoms with van der Waals surface area (Å²) < 4.78 is 6.63. The van der Waals surface area contributed by atoms with Crippen molar-refractivity contribution >= 4 is 39.9 Å². The standard InChI is InChI=1S/C15H15IN2O2/c16-11-4-3-5-12(10-11)20-9-8-15(19)18-14-7-2-1-6-13(14)17/h1-7,10H,8-9,17H2,(H,18,19). The van der Waals surface area contributed by atoms with Gasteiger partial charge in [0.1, 0.15) is 5.75 Å². The molecule has 0 aromatic heterocycles. The number of nitrogens with one attached hydrogen (secondary N) is 1. The Morgan fingerprint density at radius 2 is 2.00 bits per heavy atom. The van der Waals surface area contributed by atoms with E-state index in [1.165, 1.54) is 0 Å². The zero-order valence-electron chi connectivity index (χ0n) is 10.8. The number of nitrogen functional groups attached to an aromatic ring is 1. The molecule has 0 spiro atoms. The van der Waals surface area contributed by atoms with Crippen LogP contribution in [0.5, 0.6) is 5.75 Å². The van der Waals surface area contributed by atoms with Gasteiger partial charge in [-0.15, -0.1) is 0 Å². The molecule has 0 unspecified atom stereocenters. The van der Waals surface area contributed by atoms with Crippen molar-refractivity contribution in [1.29, 1.82) is 0 Å². The molecule has 2 aromatic rings. The van der Waals surface area contributed by atoms with Gasteiger partial charge in [-0.1, -0.05) is 18.2 Å². The Morgan fingerprint density at radius 1 is 1.20 bits per heavy atom. The number of rotatable bonds is 5. The molecular formula is C15H15IN2O2. The predicted molar refractivity (Wildman–Crippen MR) is 88.8 cm³/mol. The van der Waals surface area contributed by atoms with Crippen molar-refractivity contribution in [3.63, 3.8) is 0 Å². The van der Waals surface area contributed by atoms with Crippen LogP contribution in [0.4, 0.5) is 11.4 Å². The van der Waals surface area contributed by atoms with Crippen LogP contribution in [0.2, 0.25) is 0 Å². The van der Waals surface area contributed by atoms with Crippen LogP contribution in [0.1, 0.15) is 6.42 Å². The first-order chi connectivity index (χ1) is 9.65. The van der Waals surface area contributed by atoms with Crippen LogP contribution in [0.15, 0.2) is 48.5 Å². The lowest BCUT2D eigenvalue weighted by molar-refractivity contribution is -0.116. The van der Waals surface area contributed by atoms with Gasteiger partial charge in [0.05, 0.1) is 24.4 Å². The van der Waals surface area contributed by atoms with Gasteiger partial charge in [-0.2, -0.15) is 0 Å². The molecule has 1 amide bonds. The number of hydrogen-bond acceptors (Lipinski definition) is 3. The Hall–Kier alpha value is -1.76. The number of halogens is 1. The SMILES string of the molecule is Nc1ccccc1NC(=O)CCOc1cccc(I)c1. The first-order valence-corrected chi connectivity index (χ1v) is 7.26. The monoisotopic (exact) mass is 382 g/mol. The highest BCUT2D eigenvalue weighted by atomic mass is 127. The molecule has 0 fully saturated rings. The molecule has 4 nitrogen and oxygen atoms in total. The molecule has 2 rings (SSSR count). The maximum Gasteiger partial charge on any atom is 0.227 e. The Morgan fingerprint density at radius 3 is 2.75 bits per heavy atom. The molecule has 2 aromatic carbocycles. The average Bonchev–Trinajstić information content (AvgIpc) is 2.41. The molecule has 0 aliphatic heterocycles. The lowest BCUT2D eigenvalue weighted by atomic mass is 10.2. The number of benzene rings is 2. The van der Waals surface area contributed by atoms with Gasteiger partial charge in [0.2, 0.25) is 5.91 Å². The number of carbonyl (C=O) groups is 1. The van der Waals surface area contributed by atoms with Crippen LogP contribution in [0, 0.1) is 3.57 Å². The van der Waals surface area contributed by atoms with Crippen molar-refractivity contribution < 1.29 is 9.53 Å². The number of anilines is 2. The molecule has 0 heterocycles. The molecule has 3 N–H and O–H groups in total. The number of carbonyl (C=O) groups excluding carboxylic acids is 1. The highest BCUT2D eigenvalue weighted by molar-refractivity contribution is 14.1. The summed E-state index contributed by atoms with van der Waals surface area (Å²) in [4.78, 5) is 11.8. The Bertz CT molecular complexity index is 602. The third-order valence-electron chi connectivity index (χ3n) is 2.63. The number of nitrogens with two attached hydrogens (primary N) is 1. The molecule has 0 atom stereocenters. The maximum atomic E-state index is 11.8. The summed E-state index contributed by atoms with van der Waals surface area (Å²) in [6, 6.07) is 14.9. The fourth-order valence-corrected chi connectivity index (χ4v) is 2.16. The second-order valence-corrected chi connectivity index (χ2v) is 5.44. The van der Waals surface area contributed by atoms with Gasteiger partial charge in [-0.05, 0) is 52.9 Å². The van der Waals surface area contributed by atoms with Crippen molar-refractivity contribution in [3.05, 3.63) is 52.1 Å². The van der Waals surface area contributed by atoms with Gasteiger partial charge in [-0.25, -0.2) is 0 Å². The summed E-state index contributed by atoms with van der Waals surface area (Å²) in [7, 11) is 0. The maximum absolute atomic E-state index is 11.8. The minimum absolute atomic E-state index is 0.117. The van der Waals surface area contributed by atoms with Crippen LogP contribution in [0.3, 0.4) is 0 Å². The van der Waals surface area contributed by atoms with Crippen LogP contribution < -0.4 is 15.8 Å². The van der Waals surface area contributed by atoms with Gasteiger partial charge in [-0.3, -0.25) is 4.79 Å². The average molecular weight is 382 g/mol. The first-order valence-electron chi connectivity index (χ1n) is 6.18. The van der Waals surface area contributed by atoms with Gasteiger partial charge in [0, 0.05) is 3.57 Å². The minimum atomic E-state index is -0.117. The van der Waals surface area contributed by atoms with E-state index in [-0.39, 0.29) is 12.3 Å². The van der Waals surface area contributed by atoms with Crippen LogP contribution >= 0.6 is 22.6 Å². The van der Waals surface area contributed by atoms with E-state index in [2.05, 4.69) is 27.9 Å². The zero-order valence-corrected chi connectivity index (χ0v) is 13.0. The summed E-state index contributed by atoms with van der Waals surface area (Å²) in [5.74, 6) is 0.650. The normalized spacial score (nSPS) is 10.1. The van der Waals surface area contributed by atoms with Crippen molar-refractivity contribution in [2.45, 2.75) is 6.42 Å². The molecular weight excluding hydrogens is 367 g/mol. The topological polar surface area (TPSA) is 64.3 Å². The van der Waals surface area contributed by atoms with Crippen molar-refractivity contribution in [3.8, 4) is 5.75 Å². The third-order valence-corrected chi connectivity index (χ3v) is 3.30. The van der Waals surface area contributed by atoms with Crippen LogP contribution in [0.25, 0.3) is 0 Å². The lowest BCUT2D eigenvalue weighted by Crippen LogP contribution is -2.16. The smallest absolute Gasteiger partial charge is 0.227 e. The van der Waals surface area contributed by atoms with Crippen LogP contribution in [-0.2, 0) is 4.79 Å². The number of para-hydroxylation sites is 2. The third kappa shape index (κ3) is 4.41. The molecule has 20 heavy (non-hydrogen) atoms. The predicted octanol–water partition coefficient (Wildman–Crippen LogP) is 3.28. The number of ether oxygens (including phenoxy) is 1. The molecule has 104 valence electrons.